The number of unbranched alkanes of at least 4 members (excludes halogenated alkanes) is 8. The molecule has 0 radical (unpaired) electrons. The molecular formula is C22H40ClNO2. The summed E-state index contributed by atoms with van der Waals surface area (Å²) in [6, 6.07) is 0.150. The van der Waals surface area contributed by atoms with Gasteiger partial charge in [0.25, 0.3) is 0 Å². The number of rotatable bonds is 10. The Kier molecular flexibility index (Phi) is 10.7. The largest absolute Gasteiger partial charge is 0.444 e. The van der Waals surface area contributed by atoms with Gasteiger partial charge in [-0.05, 0) is 40.2 Å². The van der Waals surface area contributed by atoms with Crippen LogP contribution >= 0.6 is 11.6 Å². The highest BCUT2D eigenvalue weighted by Crippen LogP contribution is 2.30. The average molecular weight is 386 g/mol. The van der Waals surface area contributed by atoms with Gasteiger partial charge in [0, 0.05) is 17.5 Å². The molecule has 0 saturated heterocycles. The minimum Gasteiger partial charge on any atom is -0.444 e. The molecule has 1 rings (SSSR count). The van der Waals surface area contributed by atoms with Gasteiger partial charge < -0.3 is 4.74 Å². The van der Waals surface area contributed by atoms with Crippen LogP contribution < -0.4 is 0 Å². The number of halogens is 1. The zero-order valence-electron chi connectivity index (χ0n) is 17.7. The molecule has 0 N–H and O–H groups in total. The summed E-state index contributed by atoms with van der Waals surface area (Å²) in [5.41, 5.74) is -0.468. The summed E-state index contributed by atoms with van der Waals surface area (Å²) in [7, 11) is 0. The van der Waals surface area contributed by atoms with Crippen LogP contribution in [0.15, 0.2) is 11.1 Å². The average Bonchev–Trinajstić information content (AvgIpc) is 2.50. The van der Waals surface area contributed by atoms with Gasteiger partial charge in [-0.15, -0.1) is 0 Å². The van der Waals surface area contributed by atoms with Gasteiger partial charge in [0.15, 0.2) is 0 Å². The molecule has 1 aliphatic rings. The molecule has 4 heteroatoms. The predicted molar refractivity (Wildman–Crippen MR) is 112 cm³/mol. The molecule has 0 bridgehead atoms. The van der Waals surface area contributed by atoms with Crippen molar-refractivity contribution in [3.8, 4) is 0 Å². The van der Waals surface area contributed by atoms with E-state index in [1.165, 1.54) is 51.4 Å². The molecule has 152 valence electrons. The lowest BCUT2D eigenvalue weighted by Crippen LogP contribution is -2.49. The van der Waals surface area contributed by atoms with Gasteiger partial charge in [-0.1, -0.05) is 76.3 Å². The standard InChI is InChI=1S/C22H40ClNO2/c1-6-7-8-9-10-11-12-13-14-15-20-17-19(23)16-18(2)24(20)21(25)26-22(3,4)5/h16,18,20H,6-15,17H2,1-5H3/t18-,20-/m1/s1. The number of ether oxygens (including phenoxy) is 1. The molecule has 3 nitrogen and oxygen atoms in total. The van der Waals surface area contributed by atoms with Crippen molar-refractivity contribution < 1.29 is 9.53 Å². The normalized spacial score (nSPS) is 20.8. The third-order valence-electron chi connectivity index (χ3n) is 4.93. The molecular weight excluding hydrogens is 346 g/mol. The fraction of sp³-hybridized carbons (Fsp3) is 0.864. The Morgan fingerprint density at radius 2 is 1.65 bits per heavy atom. The van der Waals surface area contributed by atoms with Gasteiger partial charge in [0.1, 0.15) is 5.60 Å². The van der Waals surface area contributed by atoms with Crippen LogP contribution in [0.1, 0.15) is 105 Å². The minimum absolute atomic E-state index is 0.00494. The summed E-state index contributed by atoms with van der Waals surface area (Å²) in [5, 5.41) is 0.873. The van der Waals surface area contributed by atoms with E-state index in [0.717, 1.165) is 24.3 Å². The van der Waals surface area contributed by atoms with E-state index in [4.69, 9.17) is 16.3 Å². The Morgan fingerprint density at radius 1 is 1.12 bits per heavy atom. The molecule has 0 unspecified atom stereocenters. The number of hydrogen-bond donors (Lipinski definition) is 0. The summed E-state index contributed by atoms with van der Waals surface area (Å²) in [5.74, 6) is 0. The Morgan fingerprint density at radius 3 is 2.19 bits per heavy atom. The predicted octanol–water partition coefficient (Wildman–Crippen LogP) is 7.43. The second-order valence-corrected chi connectivity index (χ2v) is 9.20. The van der Waals surface area contributed by atoms with Crippen LogP contribution in [-0.2, 0) is 4.74 Å². The van der Waals surface area contributed by atoms with Gasteiger partial charge in [-0.3, -0.25) is 4.90 Å². The lowest BCUT2D eigenvalue weighted by molar-refractivity contribution is 0.00839. The summed E-state index contributed by atoms with van der Waals surface area (Å²) in [6.07, 6.45) is 15.3. The van der Waals surface area contributed by atoms with Crippen molar-refractivity contribution in [3.63, 3.8) is 0 Å². The van der Waals surface area contributed by atoms with E-state index in [2.05, 4.69) is 6.92 Å². The van der Waals surface area contributed by atoms with E-state index >= 15 is 0 Å². The molecule has 0 fully saturated rings. The highest BCUT2D eigenvalue weighted by Gasteiger charge is 2.34. The first-order valence-corrected chi connectivity index (χ1v) is 11.0. The third kappa shape index (κ3) is 9.30. The van der Waals surface area contributed by atoms with E-state index in [-0.39, 0.29) is 18.2 Å². The third-order valence-corrected chi connectivity index (χ3v) is 5.21. The molecule has 26 heavy (non-hydrogen) atoms. The molecule has 0 aromatic carbocycles. The molecule has 0 aliphatic carbocycles. The van der Waals surface area contributed by atoms with Crippen LogP contribution in [0.5, 0.6) is 0 Å². The van der Waals surface area contributed by atoms with Gasteiger partial charge >= 0.3 is 6.09 Å². The zero-order chi connectivity index (χ0) is 19.6. The lowest BCUT2D eigenvalue weighted by Gasteiger charge is -2.39. The topological polar surface area (TPSA) is 29.5 Å². The maximum absolute atomic E-state index is 12.6. The van der Waals surface area contributed by atoms with Crippen LogP contribution in [0.4, 0.5) is 4.79 Å². The highest BCUT2D eigenvalue weighted by molar-refractivity contribution is 6.29. The molecule has 0 saturated carbocycles. The van der Waals surface area contributed by atoms with Crippen LogP contribution in [0.25, 0.3) is 0 Å². The molecule has 1 heterocycles. The van der Waals surface area contributed by atoms with E-state index in [1.54, 1.807) is 0 Å². The number of carbonyl (C=O) groups is 1. The van der Waals surface area contributed by atoms with Crippen LogP contribution in [0.3, 0.4) is 0 Å². The van der Waals surface area contributed by atoms with Crippen molar-refractivity contribution in [2.75, 3.05) is 0 Å². The Bertz CT molecular complexity index is 442. The fourth-order valence-corrected chi connectivity index (χ4v) is 3.99. The summed E-state index contributed by atoms with van der Waals surface area (Å²) >= 11 is 6.31. The van der Waals surface area contributed by atoms with Gasteiger partial charge in [0.2, 0.25) is 0 Å². The first-order chi connectivity index (χ1) is 12.2. The molecule has 1 amide bonds. The van der Waals surface area contributed by atoms with Crippen molar-refractivity contribution in [2.45, 2.75) is 123 Å². The minimum atomic E-state index is -0.468. The van der Waals surface area contributed by atoms with Crippen molar-refractivity contribution in [3.05, 3.63) is 11.1 Å². The Balaban J connectivity index is 2.39. The van der Waals surface area contributed by atoms with Crippen LogP contribution in [-0.4, -0.2) is 28.7 Å². The van der Waals surface area contributed by atoms with Crippen molar-refractivity contribution in [1.82, 2.24) is 4.90 Å². The number of nitrogens with zero attached hydrogens (tertiary/aromatic N) is 1. The van der Waals surface area contributed by atoms with Crippen LogP contribution in [0.2, 0.25) is 0 Å². The van der Waals surface area contributed by atoms with Crippen molar-refractivity contribution in [1.29, 1.82) is 0 Å². The summed E-state index contributed by atoms with van der Waals surface area (Å²) < 4.78 is 5.62. The maximum atomic E-state index is 12.6. The van der Waals surface area contributed by atoms with Crippen molar-refractivity contribution >= 4 is 17.7 Å². The first kappa shape index (κ1) is 23.3. The first-order valence-electron chi connectivity index (χ1n) is 10.6. The van der Waals surface area contributed by atoms with Gasteiger partial charge in [-0.25, -0.2) is 4.79 Å². The lowest BCUT2D eigenvalue weighted by atomic mass is 9.97. The Hall–Kier alpha value is -0.700. The molecule has 1 aliphatic heterocycles. The van der Waals surface area contributed by atoms with Gasteiger partial charge in [-0.2, -0.15) is 0 Å². The fourth-order valence-electron chi connectivity index (χ4n) is 3.63. The monoisotopic (exact) mass is 385 g/mol. The zero-order valence-corrected chi connectivity index (χ0v) is 18.4. The van der Waals surface area contributed by atoms with E-state index in [1.807, 2.05) is 38.7 Å². The van der Waals surface area contributed by atoms with E-state index in [0.29, 0.717) is 0 Å². The SMILES string of the molecule is CCCCCCCCCCC[C@@H]1CC(Cl)=C[C@@H](C)N1C(=O)OC(C)(C)C. The summed E-state index contributed by atoms with van der Waals surface area (Å²) in [6.45, 7) is 10.0. The number of carbonyl (C=O) groups excluding carboxylic acids is 1. The molecule has 2 atom stereocenters. The number of hydrogen-bond acceptors (Lipinski definition) is 2. The van der Waals surface area contributed by atoms with E-state index < -0.39 is 5.60 Å². The Labute approximate surface area is 166 Å². The molecule has 0 aromatic rings. The van der Waals surface area contributed by atoms with Crippen LogP contribution in [0, 0.1) is 0 Å². The second-order valence-electron chi connectivity index (χ2n) is 8.72. The summed E-state index contributed by atoms with van der Waals surface area (Å²) in [4.78, 5) is 14.5. The smallest absolute Gasteiger partial charge is 0.411 e. The number of amides is 1. The van der Waals surface area contributed by atoms with Crippen molar-refractivity contribution in [2.24, 2.45) is 0 Å². The maximum Gasteiger partial charge on any atom is 0.411 e. The van der Waals surface area contributed by atoms with Gasteiger partial charge in [0.05, 0.1) is 6.04 Å². The van der Waals surface area contributed by atoms with E-state index in [9.17, 15) is 4.79 Å². The molecule has 0 spiro atoms. The highest BCUT2D eigenvalue weighted by atomic mass is 35.5. The quantitative estimate of drug-likeness (QED) is 0.366. The second kappa shape index (κ2) is 11.9. The molecule has 0 aromatic heterocycles.